The summed E-state index contributed by atoms with van der Waals surface area (Å²) in [4.78, 5) is 25.7. The van der Waals surface area contributed by atoms with Crippen molar-refractivity contribution in [3.8, 4) is 11.5 Å². The number of hydrogen-bond donors (Lipinski definition) is 1. The molecule has 2 aromatic carbocycles. The first-order valence-corrected chi connectivity index (χ1v) is 10.8. The van der Waals surface area contributed by atoms with E-state index in [4.69, 9.17) is 21.1 Å². The van der Waals surface area contributed by atoms with Gasteiger partial charge in [0.15, 0.2) is 11.5 Å². The maximum absolute atomic E-state index is 12.5. The normalized spacial score (nSPS) is 14.9. The number of nitrogens with zero attached hydrogens (tertiary/aromatic N) is 1. The molecule has 1 saturated heterocycles. The second-order valence-electron chi connectivity index (χ2n) is 6.62. The van der Waals surface area contributed by atoms with E-state index >= 15 is 0 Å². The molecule has 0 atom stereocenters. The largest absolute Gasteiger partial charge is 0.490 e. The summed E-state index contributed by atoms with van der Waals surface area (Å²) in [5.41, 5.74) is 1.90. The van der Waals surface area contributed by atoms with Crippen molar-refractivity contribution in [3.05, 3.63) is 62.7 Å². The van der Waals surface area contributed by atoms with Gasteiger partial charge in [0, 0.05) is 11.6 Å². The third-order valence-corrected chi connectivity index (χ3v) is 5.19. The first kappa shape index (κ1) is 22.2. The maximum atomic E-state index is 12.5. The molecule has 0 aliphatic carbocycles. The molecule has 1 N–H and O–H groups in total. The van der Waals surface area contributed by atoms with Gasteiger partial charge in [-0.15, -0.1) is 0 Å². The summed E-state index contributed by atoms with van der Waals surface area (Å²) in [6.45, 7) is 4.97. The molecule has 0 spiro atoms. The van der Waals surface area contributed by atoms with E-state index in [9.17, 15) is 9.59 Å². The number of benzene rings is 2. The lowest BCUT2D eigenvalue weighted by Crippen LogP contribution is -2.31. The Morgan fingerprint density at radius 1 is 1.13 bits per heavy atom. The topological polar surface area (TPSA) is 67.9 Å². The third-order valence-electron chi connectivity index (χ3n) is 4.35. The van der Waals surface area contributed by atoms with E-state index in [1.165, 1.54) is 4.90 Å². The number of rotatable bonds is 8. The highest BCUT2D eigenvalue weighted by Gasteiger charge is 2.32. The molecule has 1 aliphatic heterocycles. The van der Waals surface area contributed by atoms with Crippen molar-refractivity contribution in [1.29, 1.82) is 0 Å². The average Bonchev–Trinajstić information content (AvgIpc) is 2.97. The Hall–Kier alpha value is -2.51. The molecule has 8 heteroatoms. The van der Waals surface area contributed by atoms with Gasteiger partial charge in [-0.3, -0.25) is 9.69 Å². The number of urea groups is 1. The molecule has 30 heavy (non-hydrogen) atoms. The van der Waals surface area contributed by atoms with E-state index in [-0.39, 0.29) is 11.6 Å². The number of carbonyl (C=O) groups excluding carboxylic acids is 2. The molecule has 2 aromatic rings. The van der Waals surface area contributed by atoms with Crippen LogP contribution in [0.2, 0.25) is 5.02 Å². The molecule has 0 bridgehead atoms. The molecular formula is C22H22BrClN2O4. The highest BCUT2D eigenvalue weighted by Crippen LogP contribution is 2.38. The van der Waals surface area contributed by atoms with Crippen LogP contribution >= 0.6 is 27.5 Å². The molecule has 1 aliphatic rings. The zero-order valence-electron chi connectivity index (χ0n) is 16.7. The number of halogens is 2. The van der Waals surface area contributed by atoms with E-state index in [1.54, 1.807) is 12.1 Å². The SMILES string of the molecule is CCCN1C(=O)N/C(=C/c2cc(Br)c(OCc3ccc(Cl)cc3)c(OCC)c2)C1=O. The second kappa shape index (κ2) is 10.00. The highest BCUT2D eigenvalue weighted by molar-refractivity contribution is 9.10. The molecule has 1 fully saturated rings. The smallest absolute Gasteiger partial charge is 0.329 e. The first-order chi connectivity index (χ1) is 14.4. The first-order valence-electron chi connectivity index (χ1n) is 9.61. The van der Waals surface area contributed by atoms with Gasteiger partial charge in [0.25, 0.3) is 5.91 Å². The Kier molecular flexibility index (Phi) is 7.39. The third kappa shape index (κ3) is 5.15. The molecule has 0 saturated carbocycles. The number of hydrogen-bond acceptors (Lipinski definition) is 4. The van der Waals surface area contributed by atoms with Gasteiger partial charge < -0.3 is 14.8 Å². The van der Waals surface area contributed by atoms with Gasteiger partial charge in [0.1, 0.15) is 12.3 Å². The summed E-state index contributed by atoms with van der Waals surface area (Å²) >= 11 is 9.45. The zero-order valence-corrected chi connectivity index (χ0v) is 19.0. The van der Waals surface area contributed by atoms with Crippen LogP contribution in [0.25, 0.3) is 6.08 Å². The fraction of sp³-hybridized carbons (Fsp3) is 0.273. The van der Waals surface area contributed by atoms with Crippen LogP contribution in [0.5, 0.6) is 11.5 Å². The molecule has 3 amide bonds. The lowest BCUT2D eigenvalue weighted by Gasteiger charge is -2.15. The van der Waals surface area contributed by atoms with Crippen molar-refractivity contribution in [2.75, 3.05) is 13.2 Å². The van der Waals surface area contributed by atoms with Crippen molar-refractivity contribution in [2.24, 2.45) is 0 Å². The van der Waals surface area contributed by atoms with Gasteiger partial charge in [-0.1, -0.05) is 30.7 Å². The van der Waals surface area contributed by atoms with E-state index in [1.807, 2.05) is 44.2 Å². The van der Waals surface area contributed by atoms with Gasteiger partial charge in [-0.25, -0.2) is 4.79 Å². The van der Waals surface area contributed by atoms with Crippen LogP contribution in [0, 0.1) is 0 Å². The van der Waals surface area contributed by atoms with Gasteiger partial charge in [-0.2, -0.15) is 0 Å². The molecule has 3 rings (SSSR count). The molecule has 1 heterocycles. The summed E-state index contributed by atoms with van der Waals surface area (Å²) in [7, 11) is 0. The molecule has 0 aromatic heterocycles. The Balaban J connectivity index is 1.85. The number of ether oxygens (including phenoxy) is 2. The predicted molar refractivity (Wildman–Crippen MR) is 120 cm³/mol. The van der Waals surface area contributed by atoms with Crippen LogP contribution in [0.1, 0.15) is 31.4 Å². The van der Waals surface area contributed by atoms with Gasteiger partial charge >= 0.3 is 6.03 Å². The maximum Gasteiger partial charge on any atom is 0.329 e. The molecule has 6 nitrogen and oxygen atoms in total. The highest BCUT2D eigenvalue weighted by atomic mass is 79.9. The molecular weight excluding hydrogens is 472 g/mol. The Labute approximate surface area is 188 Å². The van der Waals surface area contributed by atoms with Crippen molar-refractivity contribution < 1.29 is 19.1 Å². The Morgan fingerprint density at radius 2 is 1.87 bits per heavy atom. The number of amides is 3. The van der Waals surface area contributed by atoms with Gasteiger partial charge in [-0.05, 0) is 70.7 Å². The van der Waals surface area contributed by atoms with Crippen LogP contribution in [-0.2, 0) is 11.4 Å². The summed E-state index contributed by atoms with van der Waals surface area (Å²) in [6.07, 6.45) is 2.33. The standard InChI is InChI=1S/C22H22BrClN2O4/c1-3-9-26-21(27)18(25-22(26)28)11-15-10-17(23)20(19(12-15)29-4-2)30-13-14-5-7-16(24)8-6-14/h5-8,10-12H,3-4,9,13H2,1-2H3,(H,25,28)/b18-11+. The Morgan fingerprint density at radius 3 is 2.53 bits per heavy atom. The second-order valence-corrected chi connectivity index (χ2v) is 7.91. The lowest BCUT2D eigenvalue weighted by molar-refractivity contribution is -0.122. The zero-order chi connectivity index (χ0) is 21.7. The quantitative estimate of drug-likeness (QED) is 0.396. The summed E-state index contributed by atoms with van der Waals surface area (Å²) < 4.78 is 12.4. The van der Waals surface area contributed by atoms with Crippen molar-refractivity contribution in [2.45, 2.75) is 26.9 Å². The minimum atomic E-state index is -0.403. The summed E-state index contributed by atoms with van der Waals surface area (Å²) in [6, 6.07) is 10.6. The molecule has 158 valence electrons. The minimum absolute atomic E-state index is 0.234. The van der Waals surface area contributed by atoms with Crippen LogP contribution in [0.15, 0.2) is 46.6 Å². The fourth-order valence-electron chi connectivity index (χ4n) is 2.98. The van der Waals surface area contributed by atoms with E-state index in [0.29, 0.717) is 52.7 Å². The number of imide groups is 1. The number of carbonyl (C=O) groups is 2. The van der Waals surface area contributed by atoms with Crippen LogP contribution in [0.4, 0.5) is 4.79 Å². The minimum Gasteiger partial charge on any atom is -0.490 e. The van der Waals surface area contributed by atoms with Crippen molar-refractivity contribution in [3.63, 3.8) is 0 Å². The lowest BCUT2D eigenvalue weighted by atomic mass is 10.1. The van der Waals surface area contributed by atoms with Crippen molar-refractivity contribution in [1.82, 2.24) is 10.2 Å². The molecule has 0 unspecified atom stereocenters. The van der Waals surface area contributed by atoms with Gasteiger partial charge in [0.05, 0.1) is 11.1 Å². The molecule has 0 radical (unpaired) electrons. The predicted octanol–water partition coefficient (Wildman–Crippen LogP) is 5.38. The van der Waals surface area contributed by atoms with Crippen LogP contribution in [-0.4, -0.2) is 30.0 Å². The monoisotopic (exact) mass is 492 g/mol. The van der Waals surface area contributed by atoms with E-state index in [0.717, 1.165) is 5.56 Å². The fourth-order valence-corrected chi connectivity index (χ4v) is 3.68. The summed E-state index contributed by atoms with van der Waals surface area (Å²) in [5, 5.41) is 3.29. The van der Waals surface area contributed by atoms with Crippen molar-refractivity contribution >= 4 is 45.5 Å². The summed E-state index contributed by atoms with van der Waals surface area (Å²) in [5.74, 6) is 0.761. The van der Waals surface area contributed by atoms with Crippen LogP contribution < -0.4 is 14.8 Å². The van der Waals surface area contributed by atoms with E-state index in [2.05, 4.69) is 21.2 Å². The average molecular weight is 494 g/mol. The van der Waals surface area contributed by atoms with Crippen LogP contribution in [0.3, 0.4) is 0 Å². The van der Waals surface area contributed by atoms with Gasteiger partial charge in [0.2, 0.25) is 0 Å². The number of nitrogens with one attached hydrogen (secondary N) is 1. The van der Waals surface area contributed by atoms with E-state index < -0.39 is 6.03 Å². The Bertz CT molecular complexity index is 976.